The first-order valence-corrected chi connectivity index (χ1v) is 12.7. The zero-order valence-electron chi connectivity index (χ0n) is 22.8. The van der Waals surface area contributed by atoms with Gasteiger partial charge >= 0.3 is 5.97 Å². The topological polar surface area (TPSA) is 65.0 Å². The van der Waals surface area contributed by atoms with E-state index in [0.29, 0.717) is 22.6 Å². The van der Waals surface area contributed by atoms with Crippen LogP contribution in [-0.4, -0.2) is 25.3 Å². The standard InChI is InChI=1S/C32H37FO5/c1-7-22(18-30(34)35)23-10-9-11-25(17-23)38-20-21-12-14-26(27-19-24(36-5)13-15-29(27)33)28(16-21)31(37-6)32(3,4)8-2/h8-17,19,22,31H,2,7,18,20H2,1,3-6H3,(H,34,35)/t22-,31-/m0/s1. The van der Waals surface area contributed by atoms with Crippen LogP contribution in [0.3, 0.4) is 0 Å². The van der Waals surface area contributed by atoms with E-state index in [1.165, 1.54) is 6.07 Å². The third-order valence-electron chi connectivity index (χ3n) is 6.95. The molecule has 0 bridgehead atoms. The second kappa shape index (κ2) is 12.7. The van der Waals surface area contributed by atoms with Crippen LogP contribution in [0.4, 0.5) is 4.39 Å². The lowest BCUT2D eigenvalue weighted by molar-refractivity contribution is -0.137. The molecule has 3 aromatic carbocycles. The monoisotopic (exact) mass is 520 g/mol. The fourth-order valence-electron chi connectivity index (χ4n) is 4.67. The van der Waals surface area contributed by atoms with Gasteiger partial charge < -0.3 is 19.3 Å². The molecule has 0 saturated carbocycles. The highest BCUT2D eigenvalue weighted by Crippen LogP contribution is 2.43. The maximum Gasteiger partial charge on any atom is 0.303 e. The molecule has 0 aromatic heterocycles. The number of carboxylic acid groups (broad SMARTS) is 1. The van der Waals surface area contributed by atoms with Crippen molar-refractivity contribution in [3.63, 3.8) is 0 Å². The summed E-state index contributed by atoms with van der Waals surface area (Å²) < 4.78 is 32.4. The van der Waals surface area contributed by atoms with Crippen molar-refractivity contribution in [1.29, 1.82) is 0 Å². The van der Waals surface area contributed by atoms with Crippen molar-refractivity contribution >= 4 is 5.97 Å². The molecule has 5 nitrogen and oxygen atoms in total. The Morgan fingerprint density at radius 3 is 2.45 bits per heavy atom. The van der Waals surface area contributed by atoms with Gasteiger partial charge in [-0.15, -0.1) is 6.58 Å². The maximum absolute atomic E-state index is 15.0. The van der Waals surface area contributed by atoms with Crippen LogP contribution >= 0.6 is 0 Å². The first kappa shape index (κ1) is 28.9. The molecule has 202 valence electrons. The van der Waals surface area contributed by atoms with Gasteiger partial charge in [-0.1, -0.05) is 51.1 Å². The molecule has 0 fully saturated rings. The predicted octanol–water partition coefficient (Wildman–Crippen LogP) is 7.95. The summed E-state index contributed by atoms with van der Waals surface area (Å²) in [4.78, 5) is 11.3. The molecule has 0 amide bonds. The van der Waals surface area contributed by atoms with Crippen molar-refractivity contribution in [3.8, 4) is 22.6 Å². The lowest BCUT2D eigenvalue weighted by atomic mass is 9.79. The summed E-state index contributed by atoms with van der Waals surface area (Å²) in [5, 5.41) is 9.24. The van der Waals surface area contributed by atoms with Gasteiger partial charge in [-0.2, -0.15) is 0 Å². The van der Waals surface area contributed by atoms with Crippen molar-refractivity contribution in [1.82, 2.24) is 0 Å². The SMILES string of the molecule is C=CC(C)(C)[C@@H](OC)c1cc(COc2cccc([C@@H](CC)CC(=O)O)c2)ccc1-c1cc(OC)ccc1F. The molecule has 3 rings (SSSR count). The molecule has 2 atom stereocenters. The van der Waals surface area contributed by atoms with Gasteiger partial charge in [-0.05, 0) is 71.0 Å². The minimum Gasteiger partial charge on any atom is -0.497 e. The highest BCUT2D eigenvalue weighted by molar-refractivity contribution is 5.71. The minimum absolute atomic E-state index is 0.0725. The molecule has 38 heavy (non-hydrogen) atoms. The van der Waals surface area contributed by atoms with Crippen LogP contribution in [-0.2, 0) is 16.1 Å². The molecule has 0 radical (unpaired) electrons. The van der Waals surface area contributed by atoms with Crippen LogP contribution in [0.5, 0.6) is 11.5 Å². The molecule has 0 heterocycles. The smallest absolute Gasteiger partial charge is 0.303 e. The molecule has 1 N–H and O–H groups in total. The van der Waals surface area contributed by atoms with E-state index in [1.807, 2.05) is 69.3 Å². The van der Waals surface area contributed by atoms with Crippen LogP contribution in [0.15, 0.2) is 73.3 Å². The summed E-state index contributed by atoms with van der Waals surface area (Å²) in [6.45, 7) is 10.3. The van der Waals surface area contributed by atoms with Gasteiger partial charge in [-0.3, -0.25) is 4.79 Å². The number of halogens is 1. The number of hydrogen-bond acceptors (Lipinski definition) is 4. The number of methoxy groups -OCH3 is 2. The molecular formula is C32H37FO5. The van der Waals surface area contributed by atoms with Gasteiger partial charge in [-0.25, -0.2) is 4.39 Å². The quantitative estimate of drug-likeness (QED) is 0.232. The number of hydrogen-bond donors (Lipinski definition) is 1. The molecule has 0 saturated heterocycles. The number of rotatable bonds is 13. The molecule has 0 spiro atoms. The van der Waals surface area contributed by atoms with E-state index in [4.69, 9.17) is 14.2 Å². The zero-order chi connectivity index (χ0) is 27.9. The Morgan fingerprint density at radius 2 is 1.82 bits per heavy atom. The predicted molar refractivity (Wildman–Crippen MR) is 148 cm³/mol. The summed E-state index contributed by atoms with van der Waals surface area (Å²) in [5.41, 5.74) is 3.32. The fourth-order valence-corrected chi connectivity index (χ4v) is 4.67. The van der Waals surface area contributed by atoms with Crippen molar-refractivity contribution < 1.29 is 28.5 Å². The Balaban J connectivity index is 1.99. The molecule has 0 aliphatic carbocycles. The molecule has 3 aromatic rings. The molecule has 0 aliphatic heterocycles. The number of carbonyl (C=O) groups is 1. The highest BCUT2D eigenvalue weighted by Gasteiger charge is 2.31. The number of aliphatic carboxylic acids is 1. The van der Waals surface area contributed by atoms with E-state index in [2.05, 4.69) is 6.58 Å². The third-order valence-corrected chi connectivity index (χ3v) is 6.95. The molecule has 6 heteroatoms. The van der Waals surface area contributed by atoms with Crippen molar-refractivity contribution in [2.75, 3.05) is 14.2 Å². The summed E-state index contributed by atoms with van der Waals surface area (Å²) >= 11 is 0. The van der Waals surface area contributed by atoms with Crippen LogP contribution in [0.25, 0.3) is 11.1 Å². The first-order valence-electron chi connectivity index (χ1n) is 12.7. The molecule has 0 unspecified atom stereocenters. The maximum atomic E-state index is 15.0. The number of ether oxygens (including phenoxy) is 3. The second-order valence-corrected chi connectivity index (χ2v) is 9.97. The average molecular weight is 521 g/mol. The van der Waals surface area contributed by atoms with E-state index >= 15 is 4.39 Å². The van der Waals surface area contributed by atoms with E-state index < -0.39 is 17.5 Å². The van der Waals surface area contributed by atoms with E-state index in [1.54, 1.807) is 26.4 Å². The van der Waals surface area contributed by atoms with Crippen molar-refractivity contribution in [3.05, 3.63) is 95.8 Å². The minimum atomic E-state index is -0.821. The lowest BCUT2D eigenvalue weighted by Crippen LogP contribution is -2.22. The highest BCUT2D eigenvalue weighted by atomic mass is 19.1. The van der Waals surface area contributed by atoms with Gasteiger partial charge in [0.15, 0.2) is 0 Å². The fraction of sp³-hybridized carbons (Fsp3) is 0.344. The summed E-state index contributed by atoms with van der Waals surface area (Å²) in [6.07, 6.45) is 2.23. The Hall–Kier alpha value is -3.64. The van der Waals surface area contributed by atoms with Crippen molar-refractivity contribution in [2.24, 2.45) is 5.41 Å². The average Bonchev–Trinajstić information content (AvgIpc) is 2.91. The summed E-state index contributed by atoms with van der Waals surface area (Å²) in [5.74, 6) is -0.0388. The zero-order valence-corrected chi connectivity index (χ0v) is 22.8. The van der Waals surface area contributed by atoms with E-state index in [-0.39, 0.29) is 24.8 Å². The Morgan fingerprint density at radius 1 is 1.05 bits per heavy atom. The lowest BCUT2D eigenvalue weighted by Gasteiger charge is -2.32. The van der Waals surface area contributed by atoms with Gasteiger partial charge in [0.2, 0.25) is 0 Å². The van der Waals surface area contributed by atoms with Crippen LogP contribution in [0.2, 0.25) is 0 Å². The first-order chi connectivity index (χ1) is 18.1. The van der Waals surface area contributed by atoms with E-state index in [9.17, 15) is 9.90 Å². The molecular weight excluding hydrogens is 483 g/mol. The van der Waals surface area contributed by atoms with Crippen molar-refractivity contribution in [2.45, 2.75) is 52.2 Å². The summed E-state index contributed by atoms with van der Waals surface area (Å²) in [7, 11) is 3.19. The normalized spacial score (nSPS) is 13.0. The molecule has 0 aliphatic rings. The van der Waals surface area contributed by atoms with Gasteiger partial charge in [0, 0.05) is 18.1 Å². The van der Waals surface area contributed by atoms with Crippen LogP contribution in [0, 0.1) is 11.2 Å². The second-order valence-electron chi connectivity index (χ2n) is 9.97. The van der Waals surface area contributed by atoms with Crippen LogP contribution in [0.1, 0.15) is 62.3 Å². The summed E-state index contributed by atoms with van der Waals surface area (Å²) in [6, 6.07) is 18.0. The van der Waals surface area contributed by atoms with E-state index in [0.717, 1.165) is 23.1 Å². The van der Waals surface area contributed by atoms with Gasteiger partial charge in [0.05, 0.1) is 19.6 Å². The number of carboxylic acids is 1. The van der Waals surface area contributed by atoms with Gasteiger partial charge in [0.25, 0.3) is 0 Å². The Kier molecular flexibility index (Phi) is 9.70. The Labute approximate surface area is 224 Å². The number of benzene rings is 3. The largest absolute Gasteiger partial charge is 0.497 e. The third kappa shape index (κ3) is 6.81. The Bertz CT molecular complexity index is 1270. The van der Waals surface area contributed by atoms with Gasteiger partial charge in [0.1, 0.15) is 23.9 Å². The van der Waals surface area contributed by atoms with Crippen LogP contribution < -0.4 is 9.47 Å².